The normalized spacial score (nSPS) is 20.7. The molecule has 2 heterocycles. The first-order valence-corrected chi connectivity index (χ1v) is 13.3. The summed E-state index contributed by atoms with van der Waals surface area (Å²) in [4.78, 5) is 44.1. The zero-order chi connectivity index (χ0) is 27.4. The van der Waals surface area contributed by atoms with Crippen LogP contribution < -0.4 is 5.32 Å². The average molecular weight is 556 g/mol. The number of hydrogen-bond acceptors (Lipinski definition) is 4. The van der Waals surface area contributed by atoms with Gasteiger partial charge in [0.1, 0.15) is 12.2 Å². The molecule has 2 aliphatic heterocycles. The molecule has 0 radical (unpaired) electrons. The van der Waals surface area contributed by atoms with Crippen molar-refractivity contribution in [3.05, 3.63) is 69.7 Å². The Morgan fingerprint density at radius 3 is 2.53 bits per heavy atom. The van der Waals surface area contributed by atoms with Crippen LogP contribution in [0.4, 0.5) is 4.79 Å². The molecule has 2 aromatic carbocycles. The molecule has 10 heteroatoms. The second-order valence-corrected chi connectivity index (χ2v) is 10.4. The number of amides is 4. The summed E-state index contributed by atoms with van der Waals surface area (Å²) in [5.74, 6) is 2.04. The quantitative estimate of drug-likeness (QED) is 0.524. The summed E-state index contributed by atoms with van der Waals surface area (Å²) in [5.41, 5.74) is 1.73. The maximum Gasteiger partial charge on any atom is 0.334 e. The SMILES string of the molecule is C#CCN1CC(=O)N2[C@@H](C(C)CC)C(=O)N(Cc3ccc(Cl)c(Cl)c3)C[C@@H]2N1C(=O)NCc1ccccc1. The van der Waals surface area contributed by atoms with Crippen LogP contribution in [0.5, 0.6) is 0 Å². The number of piperazine rings is 1. The number of rotatable bonds is 7. The molecule has 0 bridgehead atoms. The van der Waals surface area contributed by atoms with Crippen LogP contribution in [-0.4, -0.2) is 69.5 Å². The fourth-order valence-corrected chi connectivity index (χ4v) is 5.30. The van der Waals surface area contributed by atoms with Crippen LogP contribution in [0.25, 0.3) is 0 Å². The molecular formula is C28H31Cl2N5O3. The molecule has 1 N–H and O–H groups in total. The highest BCUT2D eigenvalue weighted by molar-refractivity contribution is 6.42. The second-order valence-electron chi connectivity index (χ2n) is 9.59. The maximum atomic E-state index is 13.8. The number of carbonyl (C=O) groups excluding carboxylic acids is 3. The van der Waals surface area contributed by atoms with Gasteiger partial charge in [0, 0.05) is 13.1 Å². The van der Waals surface area contributed by atoms with Crippen LogP contribution in [0, 0.1) is 18.3 Å². The number of terminal acetylenes is 1. The molecule has 4 amide bonds. The topological polar surface area (TPSA) is 76.2 Å². The molecule has 38 heavy (non-hydrogen) atoms. The molecule has 0 saturated carbocycles. The lowest BCUT2D eigenvalue weighted by Gasteiger charge is -2.55. The lowest BCUT2D eigenvalue weighted by molar-refractivity contribution is -0.192. The number of carbonyl (C=O) groups is 3. The van der Waals surface area contributed by atoms with Crippen molar-refractivity contribution in [2.24, 2.45) is 5.92 Å². The van der Waals surface area contributed by atoms with E-state index in [4.69, 9.17) is 29.6 Å². The van der Waals surface area contributed by atoms with E-state index < -0.39 is 18.2 Å². The lowest BCUT2D eigenvalue weighted by atomic mass is 9.92. The minimum absolute atomic E-state index is 0.0730. The molecule has 8 nitrogen and oxygen atoms in total. The molecule has 1 unspecified atom stereocenters. The third kappa shape index (κ3) is 5.75. The number of nitrogens with zero attached hydrogens (tertiary/aromatic N) is 4. The Hall–Kier alpha value is -3.25. The van der Waals surface area contributed by atoms with E-state index in [1.54, 1.807) is 26.9 Å². The smallest absolute Gasteiger partial charge is 0.333 e. The first kappa shape index (κ1) is 27.8. The van der Waals surface area contributed by atoms with Crippen LogP contribution in [0.2, 0.25) is 10.0 Å². The predicted molar refractivity (Wildman–Crippen MR) is 147 cm³/mol. The number of benzene rings is 2. The zero-order valence-electron chi connectivity index (χ0n) is 21.4. The zero-order valence-corrected chi connectivity index (χ0v) is 23.0. The van der Waals surface area contributed by atoms with Gasteiger partial charge in [0.05, 0.1) is 29.7 Å². The molecule has 2 saturated heterocycles. The minimum atomic E-state index is -0.722. The van der Waals surface area contributed by atoms with Crippen molar-refractivity contribution in [2.45, 2.75) is 45.6 Å². The van der Waals surface area contributed by atoms with Crippen molar-refractivity contribution in [2.75, 3.05) is 19.6 Å². The fourth-order valence-electron chi connectivity index (χ4n) is 4.98. The lowest BCUT2D eigenvalue weighted by Crippen LogP contribution is -2.77. The molecule has 2 fully saturated rings. The summed E-state index contributed by atoms with van der Waals surface area (Å²) < 4.78 is 0. The van der Waals surface area contributed by atoms with E-state index in [0.29, 0.717) is 23.0 Å². The Morgan fingerprint density at radius 2 is 1.87 bits per heavy atom. The van der Waals surface area contributed by atoms with Gasteiger partial charge in [-0.3, -0.25) is 9.59 Å². The van der Waals surface area contributed by atoms with Crippen LogP contribution in [-0.2, 0) is 22.7 Å². The van der Waals surface area contributed by atoms with Crippen molar-refractivity contribution >= 4 is 41.0 Å². The number of fused-ring (bicyclic) bond motifs is 1. The van der Waals surface area contributed by atoms with E-state index in [2.05, 4.69) is 11.2 Å². The van der Waals surface area contributed by atoms with Crippen LogP contribution in [0.1, 0.15) is 31.4 Å². The molecule has 0 aliphatic carbocycles. The Balaban J connectivity index is 1.68. The fraction of sp³-hybridized carbons (Fsp3) is 0.393. The molecular weight excluding hydrogens is 525 g/mol. The third-order valence-electron chi connectivity index (χ3n) is 7.07. The van der Waals surface area contributed by atoms with Crippen molar-refractivity contribution in [1.29, 1.82) is 0 Å². The maximum absolute atomic E-state index is 13.8. The monoisotopic (exact) mass is 555 g/mol. The molecule has 3 atom stereocenters. The van der Waals surface area contributed by atoms with Crippen LogP contribution in [0.3, 0.4) is 0 Å². The highest BCUT2D eigenvalue weighted by atomic mass is 35.5. The third-order valence-corrected chi connectivity index (χ3v) is 7.81. The Labute approximate surface area is 233 Å². The number of nitrogens with one attached hydrogen (secondary N) is 1. The molecule has 4 rings (SSSR count). The van der Waals surface area contributed by atoms with E-state index in [-0.39, 0.29) is 43.9 Å². The molecule has 0 spiro atoms. The number of hydrogen-bond donors (Lipinski definition) is 1. The Bertz CT molecular complexity index is 1230. The van der Waals surface area contributed by atoms with Crippen molar-refractivity contribution in [3.8, 4) is 12.3 Å². The van der Waals surface area contributed by atoms with E-state index in [0.717, 1.165) is 11.1 Å². The van der Waals surface area contributed by atoms with Gasteiger partial charge >= 0.3 is 6.03 Å². The largest absolute Gasteiger partial charge is 0.334 e. The highest BCUT2D eigenvalue weighted by Gasteiger charge is 2.52. The minimum Gasteiger partial charge on any atom is -0.333 e. The number of hydrazine groups is 1. The summed E-state index contributed by atoms with van der Waals surface area (Å²) in [6.45, 7) is 4.60. The van der Waals surface area contributed by atoms with Gasteiger partial charge in [0.25, 0.3) is 0 Å². The van der Waals surface area contributed by atoms with Crippen LogP contribution in [0.15, 0.2) is 48.5 Å². The van der Waals surface area contributed by atoms with Gasteiger partial charge in [0.2, 0.25) is 11.8 Å². The second kappa shape index (κ2) is 12.1. The summed E-state index contributed by atoms with van der Waals surface area (Å²) in [6.07, 6.45) is 5.57. The summed E-state index contributed by atoms with van der Waals surface area (Å²) >= 11 is 12.3. The highest BCUT2D eigenvalue weighted by Crippen LogP contribution is 2.32. The summed E-state index contributed by atoms with van der Waals surface area (Å²) in [7, 11) is 0. The van der Waals surface area contributed by atoms with Crippen LogP contribution >= 0.6 is 23.2 Å². The number of urea groups is 1. The first-order valence-electron chi connectivity index (χ1n) is 12.6. The molecule has 2 aromatic rings. The van der Waals surface area contributed by atoms with Gasteiger partial charge in [-0.2, -0.15) is 5.01 Å². The van der Waals surface area contributed by atoms with Crippen molar-refractivity contribution in [3.63, 3.8) is 0 Å². The van der Waals surface area contributed by atoms with E-state index in [9.17, 15) is 14.4 Å². The summed E-state index contributed by atoms with van der Waals surface area (Å²) in [6, 6.07) is 13.7. The van der Waals surface area contributed by atoms with Gasteiger partial charge in [0.15, 0.2) is 0 Å². The van der Waals surface area contributed by atoms with Gasteiger partial charge < -0.3 is 15.1 Å². The van der Waals surface area contributed by atoms with Crippen molar-refractivity contribution in [1.82, 2.24) is 25.1 Å². The Kier molecular flexibility index (Phi) is 8.83. The van der Waals surface area contributed by atoms with E-state index >= 15 is 0 Å². The van der Waals surface area contributed by atoms with Gasteiger partial charge in [-0.1, -0.05) is 85.8 Å². The standard InChI is InChI=1S/C28H31Cl2N5O3/c1-4-13-33-18-25(36)34-24(35(33)28(38)31-15-20-9-7-6-8-10-20)17-32(27(37)26(34)19(3)5-2)16-21-11-12-22(29)23(30)14-21/h1,6-12,14,19,24,26H,5,13,15-18H2,2-3H3,(H,31,38)/t19?,24-,26-/m0/s1. The summed E-state index contributed by atoms with van der Waals surface area (Å²) in [5, 5.41) is 6.85. The molecule has 0 aromatic heterocycles. The van der Waals surface area contributed by atoms with E-state index in [1.165, 1.54) is 5.01 Å². The van der Waals surface area contributed by atoms with Gasteiger partial charge in [-0.15, -0.1) is 6.42 Å². The molecule has 200 valence electrons. The Morgan fingerprint density at radius 1 is 1.13 bits per heavy atom. The first-order chi connectivity index (χ1) is 18.2. The van der Waals surface area contributed by atoms with Crippen molar-refractivity contribution < 1.29 is 14.4 Å². The average Bonchev–Trinajstić information content (AvgIpc) is 2.90. The van der Waals surface area contributed by atoms with E-state index in [1.807, 2.05) is 50.2 Å². The van der Waals surface area contributed by atoms with Gasteiger partial charge in [-0.05, 0) is 29.2 Å². The number of halogens is 2. The predicted octanol–water partition coefficient (Wildman–Crippen LogP) is 3.98. The van der Waals surface area contributed by atoms with Gasteiger partial charge in [-0.25, -0.2) is 9.80 Å². The molecule has 2 aliphatic rings.